The molecule has 0 aromatic carbocycles. The molecule has 6 N–H and O–H groups in total. The molecule has 2 saturated carbocycles. The topological polar surface area (TPSA) is 429 Å². The number of carbonyl (C=O) groups is 14. The van der Waals surface area contributed by atoms with E-state index in [-0.39, 0.29) is 186 Å². The zero-order valence-electron chi connectivity index (χ0n) is 101. The predicted octanol–water partition coefficient (Wildman–Crippen LogP) is 19.1. The summed E-state index contributed by atoms with van der Waals surface area (Å²) in [4.78, 5) is 160. The number of nitrogens with one attached hydrogen (secondary N) is 6. The molecule has 2 aliphatic rings. The molecule has 0 aromatic rings. The molecule has 5 amide bonds. The van der Waals surface area contributed by atoms with E-state index in [1.165, 1.54) is 0 Å². The number of allylic oxidation sites excluding steroid dienone is 8. The summed E-state index contributed by atoms with van der Waals surface area (Å²) in [7, 11) is 0.00129. The van der Waals surface area contributed by atoms with Gasteiger partial charge in [-0.1, -0.05) is 280 Å². The van der Waals surface area contributed by atoms with Crippen molar-refractivity contribution in [3.63, 3.8) is 0 Å². The SMILES string of the molecule is CC(C)/C=C/C(=O)/C=C/C(C)C.CC(C)/C=C1\CC(C)C/C(=C\C(C)C)C1=O.CC(C)C(=O)C(C)C.CC(C)C(=O)CCCNC(=O)C(C)C.CC(C)C(=O)NCCC[N+](C)(C)CCCNC(=O)C(C)C.CC(C)C(=O)NCCN(C)CCNC(=O)C(C)C.CC(C)C(=O)OC1CCCC(OC(=O)C(C)C)C1.CC(C)C(=O)OCCOC(=O)C(C)C.CC(C)COC(=O)C(C)C.CC(C)S(=O)(=O)CCCNS(=O)(=O)C(C)C. The van der Waals surface area contributed by atoms with Crippen LogP contribution < -0.4 is 31.3 Å². The first-order valence-electron chi connectivity index (χ1n) is 54.3. The van der Waals surface area contributed by atoms with Crippen molar-refractivity contribution in [1.29, 1.82) is 0 Å². The van der Waals surface area contributed by atoms with Crippen molar-refractivity contribution in [3.8, 4) is 0 Å². The Bertz CT molecular complexity index is 3760. The summed E-state index contributed by atoms with van der Waals surface area (Å²) in [6.45, 7) is 85.7. The van der Waals surface area contributed by atoms with Gasteiger partial charge in [0.1, 0.15) is 37.0 Å². The van der Waals surface area contributed by atoms with Crippen LogP contribution in [0, 0.1) is 112 Å². The highest BCUT2D eigenvalue weighted by Crippen LogP contribution is 2.31. The van der Waals surface area contributed by atoms with Gasteiger partial charge in [-0.05, 0) is 138 Å². The second kappa shape index (κ2) is 87.7. The third-order valence-corrected chi connectivity index (χ3v) is 25.5. The van der Waals surface area contributed by atoms with Crippen molar-refractivity contribution in [1.82, 2.24) is 36.2 Å². The van der Waals surface area contributed by atoms with Gasteiger partial charge in [-0.25, -0.2) is 21.6 Å². The van der Waals surface area contributed by atoms with Gasteiger partial charge < -0.3 is 59.7 Å². The lowest BCUT2D eigenvalue weighted by Gasteiger charge is -2.30. The number of Topliss-reactive ketones (excluding diaryl/α,β-unsaturated/α-hetero) is 3. The van der Waals surface area contributed by atoms with E-state index < -0.39 is 30.4 Å². The summed E-state index contributed by atoms with van der Waals surface area (Å²) in [6, 6.07) is 0. The molecule has 0 aliphatic heterocycles. The van der Waals surface area contributed by atoms with Crippen LogP contribution in [0.2, 0.25) is 0 Å². The summed E-state index contributed by atoms with van der Waals surface area (Å²) in [6.07, 6.45) is 19.9. The average molecular weight is 2130 g/mol. The molecular weight excluding hydrogens is 1910 g/mol. The number of nitrogens with zero attached hydrogens (tertiary/aromatic N) is 2. The lowest BCUT2D eigenvalue weighted by atomic mass is 9.80. The predicted molar refractivity (Wildman–Crippen MR) is 600 cm³/mol. The van der Waals surface area contributed by atoms with Crippen molar-refractivity contribution in [2.24, 2.45) is 112 Å². The van der Waals surface area contributed by atoms with Gasteiger partial charge in [0.25, 0.3) is 0 Å². The molecule has 2 atom stereocenters. The Kier molecular flexibility index (Phi) is 92.1. The minimum absolute atomic E-state index is 0.00116. The van der Waals surface area contributed by atoms with Gasteiger partial charge in [0.2, 0.25) is 39.6 Å². The summed E-state index contributed by atoms with van der Waals surface area (Å²) < 4.78 is 74.1. The quantitative estimate of drug-likeness (QED) is 0.0108. The summed E-state index contributed by atoms with van der Waals surface area (Å²) in [5, 5.41) is 13.5. The van der Waals surface area contributed by atoms with Crippen molar-refractivity contribution in [2.45, 2.75) is 377 Å². The summed E-state index contributed by atoms with van der Waals surface area (Å²) in [5.74, 6) is 3.54. The number of carbonyl (C=O) groups excluding carboxylic acids is 14. The number of amides is 5. The van der Waals surface area contributed by atoms with Crippen LogP contribution in [0.5, 0.6) is 0 Å². The zero-order chi connectivity index (χ0) is 116. The molecule has 862 valence electrons. The number of hydrogen-bond acceptors (Lipinski definition) is 24. The highest BCUT2D eigenvalue weighted by molar-refractivity contribution is 7.92. The number of ketones is 4. The number of ether oxygens (including phenoxy) is 5. The van der Waals surface area contributed by atoms with E-state index in [9.17, 15) is 84.0 Å². The Morgan fingerprint density at radius 1 is 0.388 bits per heavy atom. The number of likely N-dealkylation sites (N-methyl/N-ethyl adjacent to an activating group) is 1. The van der Waals surface area contributed by atoms with Crippen molar-refractivity contribution < 1.29 is 112 Å². The largest absolute Gasteiger partial charge is 0.465 e. The van der Waals surface area contributed by atoms with Gasteiger partial charge in [-0.3, -0.25) is 67.1 Å². The molecule has 33 heteroatoms. The van der Waals surface area contributed by atoms with E-state index in [1.807, 2.05) is 185 Å². The van der Waals surface area contributed by atoms with Crippen molar-refractivity contribution >= 4 is 102 Å². The molecular formula is C114H217N8O23S2+. The van der Waals surface area contributed by atoms with Crippen molar-refractivity contribution in [3.05, 3.63) is 47.6 Å². The second-order valence-electron chi connectivity index (χ2n) is 45.1. The van der Waals surface area contributed by atoms with Gasteiger partial charge >= 0.3 is 29.8 Å². The Balaban J connectivity index is -0.000000246. The molecule has 0 bridgehead atoms. The lowest BCUT2D eigenvalue weighted by Crippen LogP contribution is -2.44. The van der Waals surface area contributed by atoms with Crippen LogP contribution in [0.4, 0.5) is 0 Å². The molecule has 0 aromatic heterocycles. The van der Waals surface area contributed by atoms with Gasteiger partial charge in [-0.15, -0.1) is 0 Å². The molecule has 2 rings (SSSR count). The van der Waals surface area contributed by atoms with Gasteiger partial charge in [0.05, 0.1) is 79.6 Å². The minimum atomic E-state index is -3.28. The average Bonchev–Trinajstić information content (AvgIpc) is 0.833. The second-order valence-corrected chi connectivity index (χ2v) is 50.1. The zero-order valence-corrected chi connectivity index (χ0v) is 102. The first-order chi connectivity index (χ1) is 67.4. The van der Waals surface area contributed by atoms with Crippen LogP contribution in [0.15, 0.2) is 47.6 Å². The Labute approximate surface area is 895 Å². The van der Waals surface area contributed by atoms with Crippen LogP contribution in [-0.4, -0.2) is 244 Å². The van der Waals surface area contributed by atoms with Crippen molar-refractivity contribution in [2.75, 3.05) is 112 Å². The van der Waals surface area contributed by atoms with Gasteiger partial charge in [-0.2, -0.15) is 0 Å². The maximum atomic E-state index is 12.2. The monoisotopic (exact) mass is 2130 g/mol. The van der Waals surface area contributed by atoms with Crippen LogP contribution in [0.1, 0.15) is 355 Å². The first-order valence-corrected chi connectivity index (χ1v) is 57.6. The minimum Gasteiger partial charge on any atom is -0.465 e. The van der Waals surface area contributed by atoms with Crippen LogP contribution in [0.25, 0.3) is 0 Å². The molecule has 2 aliphatic carbocycles. The van der Waals surface area contributed by atoms with Gasteiger partial charge in [0.15, 0.2) is 21.4 Å². The van der Waals surface area contributed by atoms with Crippen LogP contribution in [-0.2, 0) is 111 Å². The van der Waals surface area contributed by atoms with E-state index in [0.717, 1.165) is 106 Å². The molecule has 2 fully saturated rings. The Morgan fingerprint density at radius 2 is 0.707 bits per heavy atom. The van der Waals surface area contributed by atoms with E-state index in [1.54, 1.807) is 67.5 Å². The normalized spacial score (nSPS) is 14.8. The molecule has 147 heavy (non-hydrogen) atoms. The molecule has 31 nitrogen and oxygen atoms in total. The third kappa shape index (κ3) is 95.0. The summed E-state index contributed by atoms with van der Waals surface area (Å²) >= 11 is 0. The number of sulfone groups is 1. The fraction of sp³-hybridized carbons (Fsp3) is 0.807. The first kappa shape index (κ1) is 154. The smallest absolute Gasteiger partial charge is 0.308 e. The number of quaternary nitrogens is 1. The Hall–Kier alpha value is -7.88. The maximum Gasteiger partial charge on any atom is 0.308 e. The third-order valence-electron chi connectivity index (χ3n) is 21.3. The highest BCUT2D eigenvalue weighted by Gasteiger charge is 2.30. The number of esters is 5. The molecule has 0 heterocycles. The number of rotatable bonds is 51. The maximum absolute atomic E-state index is 12.2. The van der Waals surface area contributed by atoms with E-state index in [0.29, 0.717) is 92.6 Å². The standard InChI is InChI=1S/C16H33N3O2.C15H24O.C14H24O4.C13H27N3O2.C11H21NO2.C11H18O.C10H18O4.C9H21NO4S2.C8H16O2.C7H14O/c1-13(2)15(20)17-9-7-11-19(5,6)12-8-10-18-16(21)14(3)4;1-10(2)6-13-8-12(5)9-14(15(13)16)7-11(3)4;1-9(2)13(15)17-11-6-5-7-12(8-11)18-14(16)10(3)4;1-10(2)12(17)14-6-8-16(5)9-7-15-13(18)11(3)4;1-8(2)10(13)6-5-7-12-11(14)9(3)4;1-9(2)5-7-11(12)8-6-10(3)4;1-7(2)9(11)13-5-6-14-10(12)8(3)4;1-8(2)15(11,12)7-5-6-10-16(13,14)9(3)4;1-6(2)5-10-8(9)7(3)4;1-5(2)7(8)6(3)4/h13-14H,7-12H2,1-6H3,(H-,17,18,20,21);6-7,10-12H,8-9H2,1-5H3;9-12H,5-8H2,1-4H3;10-11H,6-9H2,1-5H3,(H,14,17)(H,15,18);8-9H,5-7H2,1-4H3,(H,12,14);5-10H,1-4H3;7-8H,5-6H2,1-4H3;8-10H,5-7H2,1-4H3;6-7H,5H2,1-4H3;5-6H,1-4H3/p+1/b;13-6+,14-7+;;;;7-5+,8-6+;;;;. The molecule has 0 radical (unpaired) electrons. The molecule has 0 saturated heterocycles. The highest BCUT2D eigenvalue weighted by atomic mass is 32.2. The van der Waals surface area contributed by atoms with Gasteiger partial charge in [0, 0.05) is 125 Å². The fourth-order valence-electron chi connectivity index (χ4n) is 11.6. The molecule has 2 unspecified atom stereocenters. The lowest BCUT2D eigenvalue weighted by molar-refractivity contribution is -0.890. The van der Waals surface area contributed by atoms with E-state index >= 15 is 0 Å². The van der Waals surface area contributed by atoms with Crippen LogP contribution in [0.3, 0.4) is 0 Å². The van der Waals surface area contributed by atoms with E-state index in [2.05, 4.69) is 125 Å². The Morgan fingerprint density at radius 3 is 0.980 bits per heavy atom. The number of hydrogen-bond donors (Lipinski definition) is 6. The molecule has 0 spiro atoms. The van der Waals surface area contributed by atoms with E-state index in [4.69, 9.17) is 23.7 Å². The fourth-order valence-corrected chi connectivity index (χ4v) is 13.4. The number of sulfonamides is 1. The summed E-state index contributed by atoms with van der Waals surface area (Å²) in [5.41, 5.74) is 2.06. The van der Waals surface area contributed by atoms with Crippen LogP contribution >= 0.6 is 0 Å².